The average molecular weight is 548 g/mol. The Hall–Kier alpha value is -3.63. The van der Waals surface area contributed by atoms with Gasteiger partial charge in [0.1, 0.15) is 22.0 Å². The number of imidazole rings is 1. The Morgan fingerprint density at radius 2 is 2.11 bits per heavy atom. The van der Waals surface area contributed by atoms with Crippen LogP contribution in [-0.4, -0.2) is 48.9 Å². The van der Waals surface area contributed by atoms with Crippen LogP contribution in [0.5, 0.6) is 0 Å². The number of hydrogen-bond donors (Lipinski definition) is 4. The smallest absolute Gasteiger partial charge is 0.274 e. The lowest BCUT2D eigenvalue weighted by Crippen LogP contribution is -2.42. The molecule has 0 amide bonds. The number of aromatic nitrogens is 5. The van der Waals surface area contributed by atoms with Crippen LogP contribution in [0.2, 0.25) is 0 Å². The summed E-state index contributed by atoms with van der Waals surface area (Å²) in [6, 6.07) is 3.73. The number of pyridine rings is 2. The molecule has 3 atom stereocenters. The Labute approximate surface area is 218 Å². The van der Waals surface area contributed by atoms with E-state index in [1.807, 2.05) is 4.57 Å². The Balaban J connectivity index is 1.49. The highest BCUT2D eigenvalue weighted by Crippen LogP contribution is 2.34. The van der Waals surface area contributed by atoms with E-state index in [1.165, 1.54) is 41.9 Å². The van der Waals surface area contributed by atoms with Crippen molar-refractivity contribution in [3.05, 3.63) is 64.9 Å². The number of thiazole rings is 1. The second kappa shape index (κ2) is 11.0. The van der Waals surface area contributed by atoms with E-state index < -0.39 is 18.5 Å². The summed E-state index contributed by atoms with van der Waals surface area (Å²) in [7, 11) is 0. The number of rotatable bonds is 8. The summed E-state index contributed by atoms with van der Waals surface area (Å²) >= 11 is 0.730. The molecule has 1 fully saturated rings. The van der Waals surface area contributed by atoms with Gasteiger partial charge in [-0.3, -0.25) is 10.3 Å². The number of fused-ring (bicyclic) bond motifs is 1. The maximum absolute atomic E-state index is 14.8. The van der Waals surface area contributed by atoms with E-state index in [4.69, 9.17) is 16.3 Å². The van der Waals surface area contributed by atoms with Crippen molar-refractivity contribution in [1.82, 2.24) is 29.8 Å². The summed E-state index contributed by atoms with van der Waals surface area (Å²) in [6.07, 6.45) is 3.23. The molecule has 0 saturated carbocycles. The fourth-order valence-corrected chi connectivity index (χ4v) is 5.04. The normalized spacial score (nSPS) is 19.0. The molecule has 0 bridgehead atoms. The first kappa shape index (κ1) is 26.0. The molecule has 1 saturated heterocycles. The van der Waals surface area contributed by atoms with Gasteiger partial charge in [0.05, 0.1) is 35.8 Å². The Bertz CT molecular complexity index is 1450. The molecule has 15 heteroatoms. The molecule has 4 aromatic heterocycles. The van der Waals surface area contributed by atoms with E-state index in [1.54, 1.807) is 6.07 Å². The number of halogens is 3. The number of nitrogens with one attached hydrogen (secondary N) is 1. The SMILES string of the molecule is N/C=C\N(N)c1cc2c(cn1)nc(-c1ncccc1F)n2C1COCC(NC(O)c2ncc(C(F)F)s2)C1. The molecule has 1 aliphatic rings. The van der Waals surface area contributed by atoms with E-state index in [-0.39, 0.29) is 46.7 Å². The monoisotopic (exact) mass is 547 g/mol. The van der Waals surface area contributed by atoms with Gasteiger partial charge < -0.3 is 20.1 Å². The predicted octanol–water partition coefficient (Wildman–Crippen LogP) is 2.75. The lowest BCUT2D eigenvalue weighted by Gasteiger charge is -2.33. The van der Waals surface area contributed by atoms with Crippen LogP contribution in [0.25, 0.3) is 22.6 Å². The molecule has 5 rings (SSSR count). The van der Waals surface area contributed by atoms with Crippen molar-refractivity contribution in [3.8, 4) is 11.5 Å². The van der Waals surface area contributed by atoms with Crippen molar-refractivity contribution in [2.45, 2.75) is 31.2 Å². The number of alkyl halides is 2. The first-order valence-corrected chi connectivity index (χ1v) is 12.3. The summed E-state index contributed by atoms with van der Waals surface area (Å²) in [6.45, 7) is 0.520. The zero-order chi connectivity index (χ0) is 26.8. The Morgan fingerprint density at radius 1 is 1.26 bits per heavy atom. The molecule has 5 heterocycles. The van der Waals surface area contributed by atoms with Gasteiger partial charge in [0.25, 0.3) is 6.43 Å². The van der Waals surface area contributed by atoms with Gasteiger partial charge in [0.2, 0.25) is 0 Å². The topological polar surface area (TPSA) is 153 Å². The van der Waals surface area contributed by atoms with Crippen LogP contribution in [0.15, 0.2) is 49.2 Å². The van der Waals surface area contributed by atoms with Crippen LogP contribution >= 0.6 is 11.3 Å². The lowest BCUT2D eigenvalue weighted by atomic mass is 10.0. The molecular weight excluding hydrogens is 523 g/mol. The molecule has 38 heavy (non-hydrogen) atoms. The molecule has 200 valence electrons. The van der Waals surface area contributed by atoms with Crippen molar-refractivity contribution in [1.29, 1.82) is 0 Å². The molecule has 6 N–H and O–H groups in total. The van der Waals surface area contributed by atoms with Crippen molar-refractivity contribution >= 4 is 28.2 Å². The highest BCUT2D eigenvalue weighted by Gasteiger charge is 2.31. The zero-order valence-corrected chi connectivity index (χ0v) is 20.6. The van der Waals surface area contributed by atoms with E-state index >= 15 is 0 Å². The third kappa shape index (κ3) is 5.19. The van der Waals surface area contributed by atoms with E-state index in [0.717, 1.165) is 17.5 Å². The molecule has 0 aliphatic carbocycles. The summed E-state index contributed by atoms with van der Waals surface area (Å²) in [5, 5.41) is 14.9. The average Bonchev–Trinajstić information content (AvgIpc) is 3.55. The minimum atomic E-state index is -2.67. The molecular formula is C23H24F3N9O2S. The van der Waals surface area contributed by atoms with Gasteiger partial charge in [-0.05, 0) is 18.6 Å². The van der Waals surface area contributed by atoms with Crippen molar-refractivity contribution in [2.24, 2.45) is 11.6 Å². The van der Waals surface area contributed by atoms with Crippen molar-refractivity contribution in [2.75, 3.05) is 18.2 Å². The number of anilines is 1. The van der Waals surface area contributed by atoms with Crippen LogP contribution in [0.4, 0.5) is 19.0 Å². The summed E-state index contributed by atoms with van der Waals surface area (Å²) in [5.41, 5.74) is 6.59. The minimum Gasteiger partial charge on any atom is -0.403 e. The predicted molar refractivity (Wildman–Crippen MR) is 134 cm³/mol. The number of aliphatic hydroxyl groups is 1. The third-order valence-electron chi connectivity index (χ3n) is 5.98. The van der Waals surface area contributed by atoms with Gasteiger partial charge in [-0.15, -0.1) is 11.3 Å². The Kier molecular flexibility index (Phi) is 7.53. The number of hydrazine groups is 1. The highest BCUT2D eigenvalue weighted by atomic mass is 32.1. The van der Waals surface area contributed by atoms with Crippen LogP contribution < -0.4 is 21.9 Å². The number of hydrogen-bond acceptors (Lipinski definition) is 11. The summed E-state index contributed by atoms with van der Waals surface area (Å²) in [5.74, 6) is 6.09. The standard InChI is InChI=1S/C23H24F3N9O2S/c24-14-2-1-4-29-19(14)21-33-15-8-30-18(34(28)5-3-27)7-16(15)35(21)13-6-12(10-37-11-13)32-22(36)23-31-9-17(38-23)20(25)26/h1-5,7-9,12-13,20,22,32,36H,6,10-11,27-28H2/b5-3-. The zero-order valence-electron chi connectivity index (χ0n) is 19.8. The maximum atomic E-state index is 14.8. The first-order chi connectivity index (χ1) is 18.4. The highest BCUT2D eigenvalue weighted by molar-refractivity contribution is 7.11. The van der Waals surface area contributed by atoms with Crippen molar-refractivity contribution < 1.29 is 23.0 Å². The van der Waals surface area contributed by atoms with Crippen LogP contribution in [0.1, 0.15) is 35.0 Å². The minimum absolute atomic E-state index is 0.0501. The number of ether oxygens (including phenoxy) is 1. The molecule has 0 spiro atoms. The largest absolute Gasteiger partial charge is 0.403 e. The van der Waals surface area contributed by atoms with E-state index in [0.29, 0.717) is 23.3 Å². The second-order valence-corrected chi connectivity index (χ2v) is 9.61. The van der Waals surface area contributed by atoms with Gasteiger partial charge in [-0.2, -0.15) is 0 Å². The third-order valence-corrected chi connectivity index (χ3v) is 7.04. The summed E-state index contributed by atoms with van der Waals surface area (Å²) in [4.78, 5) is 16.8. The fourth-order valence-electron chi connectivity index (χ4n) is 4.31. The molecule has 11 nitrogen and oxygen atoms in total. The quantitative estimate of drug-likeness (QED) is 0.147. The Morgan fingerprint density at radius 3 is 2.84 bits per heavy atom. The number of aliphatic hydroxyl groups excluding tert-OH is 1. The number of nitrogens with zero attached hydrogens (tertiary/aromatic N) is 6. The maximum Gasteiger partial charge on any atom is 0.274 e. The molecule has 0 aromatic carbocycles. The lowest BCUT2D eigenvalue weighted by molar-refractivity contribution is 0.0125. The first-order valence-electron chi connectivity index (χ1n) is 11.5. The van der Waals surface area contributed by atoms with Gasteiger partial charge >= 0.3 is 0 Å². The summed E-state index contributed by atoms with van der Waals surface area (Å²) < 4.78 is 48.4. The van der Waals surface area contributed by atoms with E-state index in [9.17, 15) is 18.3 Å². The fraction of sp³-hybridized carbons (Fsp3) is 0.304. The number of nitrogens with two attached hydrogens (primary N) is 2. The molecule has 0 radical (unpaired) electrons. The van der Waals surface area contributed by atoms with Crippen LogP contribution in [0, 0.1) is 5.82 Å². The van der Waals surface area contributed by atoms with Crippen LogP contribution in [0.3, 0.4) is 0 Å². The van der Waals surface area contributed by atoms with Gasteiger partial charge in [-0.1, -0.05) is 0 Å². The van der Waals surface area contributed by atoms with Gasteiger partial charge in [0.15, 0.2) is 17.9 Å². The second-order valence-electron chi connectivity index (χ2n) is 8.51. The molecule has 4 aromatic rings. The van der Waals surface area contributed by atoms with Crippen LogP contribution in [-0.2, 0) is 4.74 Å². The molecule has 1 aliphatic heterocycles. The van der Waals surface area contributed by atoms with Gasteiger partial charge in [-0.25, -0.2) is 38.9 Å². The van der Waals surface area contributed by atoms with Gasteiger partial charge in [0, 0.05) is 36.9 Å². The van der Waals surface area contributed by atoms with E-state index in [2.05, 4.69) is 25.3 Å². The van der Waals surface area contributed by atoms with Crippen molar-refractivity contribution in [3.63, 3.8) is 0 Å². The molecule has 3 unspecified atom stereocenters.